The summed E-state index contributed by atoms with van der Waals surface area (Å²) >= 11 is 0. The minimum Gasteiger partial charge on any atom is -0.497 e. The van der Waals surface area contributed by atoms with Crippen LogP contribution in [0.1, 0.15) is 31.7 Å². The summed E-state index contributed by atoms with van der Waals surface area (Å²) in [5, 5.41) is 2.78. The molecule has 0 unspecified atom stereocenters. The number of amides is 1. The van der Waals surface area contributed by atoms with Gasteiger partial charge in [0.05, 0.1) is 19.9 Å². The zero-order chi connectivity index (χ0) is 18.2. The van der Waals surface area contributed by atoms with Crippen molar-refractivity contribution in [3.05, 3.63) is 48.0 Å². The number of carbonyl (C=O) groups is 1. The zero-order valence-electron chi connectivity index (χ0n) is 15.2. The van der Waals surface area contributed by atoms with E-state index < -0.39 is 0 Å². The largest absolute Gasteiger partial charge is 0.497 e. The summed E-state index contributed by atoms with van der Waals surface area (Å²) in [4.78, 5) is 12.1. The third-order valence-electron chi connectivity index (χ3n) is 4.11. The average Bonchev–Trinajstić information content (AvgIpc) is 2.66. The number of rotatable bonds is 8. The molecule has 5 nitrogen and oxygen atoms in total. The third-order valence-corrected chi connectivity index (χ3v) is 4.11. The molecule has 0 aliphatic carbocycles. The molecule has 0 saturated heterocycles. The quantitative estimate of drug-likeness (QED) is 0.779. The Balaban J connectivity index is 1.94. The summed E-state index contributed by atoms with van der Waals surface area (Å²) in [6.07, 6.45) is 1.09. The van der Waals surface area contributed by atoms with Crippen LogP contribution in [0.3, 0.4) is 0 Å². The minimum absolute atomic E-state index is 0.0803. The standard InChI is InChI=1S/C20H25NO4/c1-5-14(2)15-6-8-16(9-7-15)25-13-20(22)21-18-12-17(23-3)10-11-19(18)24-4/h6-12,14H,5,13H2,1-4H3,(H,21,22)/t14-/m0/s1. The monoisotopic (exact) mass is 343 g/mol. The molecule has 0 radical (unpaired) electrons. The van der Waals surface area contributed by atoms with Crippen LogP contribution in [0, 0.1) is 0 Å². The fourth-order valence-electron chi connectivity index (χ4n) is 2.38. The van der Waals surface area contributed by atoms with Crippen LogP contribution in [0.25, 0.3) is 0 Å². The Hall–Kier alpha value is -2.69. The first-order chi connectivity index (χ1) is 12.1. The van der Waals surface area contributed by atoms with Crippen LogP contribution in [0.5, 0.6) is 17.2 Å². The van der Waals surface area contributed by atoms with Crippen molar-refractivity contribution < 1.29 is 19.0 Å². The Morgan fingerprint density at radius 3 is 2.32 bits per heavy atom. The highest BCUT2D eigenvalue weighted by atomic mass is 16.5. The summed E-state index contributed by atoms with van der Waals surface area (Å²) < 4.78 is 16.0. The molecule has 0 saturated carbocycles. The van der Waals surface area contributed by atoms with E-state index in [0.29, 0.717) is 28.9 Å². The van der Waals surface area contributed by atoms with E-state index in [9.17, 15) is 4.79 Å². The van der Waals surface area contributed by atoms with Crippen molar-refractivity contribution in [2.75, 3.05) is 26.1 Å². The van der Waals surface area contributed by atoms with Gasteiger partial charge in [0, 0.05) is 6.07 Å². The van der Waals surface area contributed by atoms with Gasteiger partial charge in [-0.05, 0) is 42.2 Å². The SMILES string of the molecule is CC[C@H](C)c1ccc(OCC(=O)Nc2cc(OC)ccc2OC)cc1. The van der Waals surface area contributed by atoms with Crippen molar-refractivity contribution in [1.82, 2.24) is 0 Å². The average molecular weight is 343 g/mol. The fourth-order valence-corrected chi connectivity index (χ4v) is 2.38. The van der Waals surface area contributed by atoms with Crippen molar-refractivity contribution >= 4 is 11.6 Å². The van der Waals surface area contributed by atoms with Gasteiger partial charge in [0.15, 0.2) is 6.61 Å². The van der Waals surface area contributed by atoms with Gasteiger partial charge in [0.1, 0.15) is 17.2 Å². The van der Waals surface area contributed by atoms with Crippen molar-refractivity contribution in [2.45, 2.75) is 26.2 Å². The Morgan fingerprint density at radius 1 is 1.04 bits per heavy atom. The first-order valence-electron chi connectivity index (χ1n) is 8.32. The van der Waals surface area contributed by atoms with Gasteiger partial charge in [0.25, 0.3) is 5.91 Å². The van der Waals surface area contributed by atoms with Gasteiger partial charge in [-0.1, -0.05) is 26.0 Å². The predicted octanol–water partition coefficient (Wildman–Crippen LogP) is 4.23. The van der Waals surface area contributed by atoms with Crippen molar-refractivity contribution in [2.24, 2.45) is 0 Å². The van der Waals surface area contributed by atoms with Crippen LogP contribution < -0.4 is 19.5 Å². The summed E-state index contributed by atoms with van der Waals surface area (Å²) in [7, 11) is 3.12. The van der Waals surface area contributed by atoms with Crippen molar-refractivity contribution in [3.8, 4) is 17.2 Å². The molecular weight excluding hydrogens is 318 g/mol. The molecule has 25 heavy (non-hydrogen) atoms. The summed E-state index contributed by atoms with van der Waals surface area (Å²) in [5.41, 5.74) is 1.81. The Morgan fingerprint density at radius 2 is 1.72 bits per heavy atom. The maximum Gasteiger partial charge on any atom is 0.262 e. The number of methoxy groups -OCH3 is 2. The molecule has 2 rings (SSSR count). The second-order valence-corrected chi connectivity index (χ2v) is 5.78. The highest BCUT2D eigenvalue weighted by molar-refractivity contribution is 5.93. The Kier molecular flexibility index (Phi) is 6.69. The normalized spacial score (nSPS) is 11.5. The van der Waals surface area contributed by atoms with Gasteiger partial charge in [0.2, 0.25) is 0 Å². The van der Waals surface area contributed by atoms with E-state index >= 15 is 0 Å². The lowest BCUT2D eigenvalue weighted by molar-refractivity contribution is -0.118. The van der Waals surface area contributed by atoms with Gasteiger partial charge < -0.3 is 19.5 Å². The molecule has 5 heteroatoms. The molecule has 134 valence electrons. The molecule has 0 heterocycles. The van der Waals surface area contributed by atoms with Crippen molar-refractivity contribution in [1.29, 1.82) is 0 Å². The van der Waals surface area contributed by atoms with Crippen LogP contribution >= 0.6 is 0 Å². The van der Waals surface area contributed by atoms with Gasteiger partial charge in [-0.3, -0.25) is 4.79 Å². The van der Waals surface area contributed by atoms with Gasteiger partial charge in [-0.15, -0.1) is 0 Å². The number of nitrogens with one attached hydrogen (secondary N) is 1. The topological polar surface area (TPSA) is 56.8 Å². The molecule has 2 aromatic carbocycles. The van der Waals surface area contributed by atoms with E-state index in [1.165, 1.54) is 5.56 Å². The van der Waals surface area contributed by atoms with E-state index in [1.807, 2.05) is 24.3 Å². The smallest absolute Gasteiger partial charge is 0.262 e. The Bertz CT molecular complexity index is 697. The number of benzene rings is 2. The first-order valence-corrected chi connectivity index (χ1v) is 8.32. The second-order valence-electron chi connectivity index (χ2n) is 5.78. The fraction of sp³-hybridized carbons (Fsp3) is 0.350. The highest BCUT2D eigenvalue weighted by Crippen LogP contribution is 2.29. The maximum atomic E-state index is 12.1. The number of carbonyl (C=O) groups excluding carboxylic acids is 1. The molecule has 0 aliphatic rings. The zero-order valence-corrected chi connectivity index (χ0v) is 15.2. The lowest BCUT2D eigenvalue weighted by atomic mass is 9.99. The van der Waals surface area contributed by atoms with Gasteiger partial charge >= 0.3 is 0 Å². The number of anilines is 1. The van der Waals surface area contributed by atoms with Gasteiger partial charge in [-0.25, -0.2) is 0 Å². The molecule has 0 spiro atoms. The molecule has 1 N–H and O–H groups in total. The van der Waals surface area contributed by atoms with Crippen molar-refractivity contribution in [3.63, 3.8) is 0 Å². The van der Waals surface area contributed by atoms with E-state index in [0.717, 1.165) is 6.42 Å². The molecule has 1 atom stereocenters. The molecule has 0 bridgehead atoms. The molecular formula is C20H25NO4. The molecule has 2 aromatic rings. The van der Waals surface area contributed by atoms with E-state index in [1.54, 1.807) is 32.4 Å². The van der Waals surface area contributed by atoms with E-state index in [4.69, 9.17) is 14.2 Å². The van der Waals surface area contributed by atoms with Crippen LogP contribution in [0.15, 0.2) is 42.5 Å². The van der Waals surface area contributed by atoms with Crippen LogP contribution in [0.4, 0.5) is 5.69 Å². The molecule has 0 aliphatic heterocycles. The molecule has 0 fully saturated rings. The van der Waals surface area contributed by atoms with E-state index in [2.05, 4.69) is 19.2 Å². The summed E-state index contributed by atoms with van der Waals surface area (Å²) in [6, 6.07) is 13.1. The van der Waals surface area contributed by atoms with Gasteiger partial charge in [-0.2, -0.15) is 0 Å². The lowest BCUT2D eigenvalue weighted by Crippen LogP contribution is -2.20. The first kappa shape index (κ1) is 18.6. The van der Waals surface area contributed by atoms with Crippen LogP contribution in [0.2, 0.25) is 0 Å². The number of hydrogen-bond acceptors (Lipinski definition) is 4. The Labute approximate surface area is 148 Å². The van der Waals surface area contributed by atoms with Crippen LogP contribution in [-0.2, 0) is 4.79 Å². The molecule has 0 aromatic heterocycles. The lowest BCUT2D eigenvalue weighted by Gasteiger charge is -2.13. The number of hydrogen-bond donors (Lipinski definition) is 1. The molecule has 1 amide bonds. The maximum absolute atomic E-state index is 12.1. The third kappa shape index (κ3) is 5.14. The van der Waals surface area contributed by atoms with Crippen LogP contribution in [-0.4, -0.2) is 26.7 Å². The number of ether oxygens (including phenoxy) is 3. The minimum atomic E-state index is -0.266. The van der Waals surface area contributed by atoms with E-state index in [-0.39, 0.29) is 12.5 Å². The second kappa shape index (κ2) is 8.97. The highest BCUT2D eigenvalue weighted by Gasteiger charge is 2.10. The summed E-state index contributed by atoms with van der Waals surface area (Å²) in [5.74, 6) is 2.11. The summed E-state index contributed by atoms with van der Waals surface area (Å²) in [6.45, 7) is 4.26. The predicted molar refractivity (Wildman–Crippen MR) is 98.8 cm³/mol.